The van der Waals surface area contributed by atoms with E-state index >= 15 is 0 Å². The summed E-state index contributed by atoms with van der Waals surface area (Å²) in [5.74, 6) is 0.272. The third kappa shape index (κ3) is 1.53. The molecule has 5 heteroatoms. The van der Waals surface area contributed by atoms with Gasteiger partial charge in [-0.15, -0.1) is 0 Å². The Morgan fingerprint density at radius 1 is 1.62 bits per heavy atom. The molecule has 1 amide bonds. The van der Waals surface area contributed by atoms with Crippen LogP contribution in [0.2, 0.25) is 0 Å². The van der Waals surface area contributed by atoms with Crippen LogP contribution in [0.3, 0.4) is 0 Å². The number of carbonyl (C=O) groups is 1. The number of hydrogen-bond acceptors (Lipinski definition) is 4. The maximum absolute atomic E-state index is 12.1. The lowest BCUT2D eigenvalue weighted by molar-refractivity contribution is -0.146. The molecule has 0 spiro atoms. The van der Waals surface area contributed by atoms with Gasteiger partial charge in [0.25, 0.3) is 5.91 Å². The number of ether oxygens (including phenoxy) is 1. The van der Waals surface area contributed by atoms with Gasteiger partial charge >= 0.3 is 0 Å². The molecule has 16 heavy (non-hydrogen) atoms. The van der Waals surface area contributed by atoms with Crippen molar-refractivity contribution in [3.63, 3.8) is 0 Å². The zero-order valence-corrected chi connectivity index (χ0v) is 8.88. The molecular formula is C11H11N3O2. The van der Waals surface area contributed by atoms with Crippen molar-refractivity contribution in [3.05, 3.63) is 24.4 Å². The van der Waals surface area contributed by atoms with Gasteiger partial charge in [0, 0.05) is 13.2 Å². The molecule has 2 heterocycles. The molecular weight excluding hydrogens is 206 g/mol. The summed E-state index contributed by atoms with van der Waals surface area (Å²) < 4.78 is 4.95. The van der Waals surface area contributed by atoms with Crippen LogP contribution in [0.25, 0.3) is 0 Å². The fourth-order valence-electron chi connectivity index (χ4n) is 1.52. The molecule has 0 aromatic carbocycles. The molecule has 1 aromatic rings. The first-order chi connectivity index (χ1) is 7.69. The molecule has 0 N–H and O–H groups in total. The van der Waals surface area contributed by atoms with E-state index in [4.69, 9.17) is 10.00 Å². The summed E-state index contributed by atoms with van der Waals surface area (Å²) in [5.41, 5.74) is -1.02. The van der Waals surface area contributed by atoms with Crippen LogP contribution >= 0.6 is 0 Å². The predicted molar refractivity (Wildman–Crippen MR) is 56.5 cm³/mol. The maximum Gasteiger partial charge on any atom is 0.253 e. The highest BCUT2D eigenvalue weighted by Crippen LogP contribution is 2.29. The zero-order valence-electron chi connectivity index (χ0n) is 8.88. The van der Waals surface area contributed by atoms with Crippen LogP contribution in [-0.2, 0) is 9.53 Å². The van der Waals surface area contributed by atoms with E-state index < -0.39 is 5.41 Å². The molecule has 0 bridgehead atoms. The normalized spacial score (nSPS) is 17.0. The minimum absolute atomic E-state index is 0.166. The summed E-state index contributed by atoms with van der Waals surface area (Å²) in [6.45, 7) is 0.332. The summed E-state index contributed by atoms with van der Waals surface area (Å²) in [5, 5.41) is 9.00. The Morgan fingerprint density at radius 3 is 2.81 bits per heavy atom. The van der Waals surface area contributed by atoms with Crippen molar-refractivity contribution in [1.29, 1.82) is 5.26 Å². The SMILES string of the molecule is CN(C(=O)C1(C#N)COC1)c1ccccn1. The fraction of sp³-hybridized carbons (Fsp3) is 0.364. The summed E-state index contributed by atoms with van der Waals surface area (Å²) in [6, 6.07) is 7.31. The highest BCUT2D eigenvalue weighted by Gasteiger charge is 2.48. The number of hydrogen-bond donors (Lipinski definition) is 0. The molecule has 82 valence electrons. The molecule has 1 aliphatic rings. The van der Waals surface area contributed by atoms with E-state index in [0.29, 0.717) is 5.82 Å². The second-order valence-electron chi connectivity index (χ2n) is 3.74. The zero-order chi connectivity index (χ0) is 11.6. The number of nitriles is 1. The van der Waals surface area contributed by atoms with Crippen LogP contribution in [0.4, 0.5) is 5.82 Å². The summed E-state index contributed by atoms with van der Waals surface area (Å²) in [4.78, 5) is 17.5. The second-order valence-corrected chi connectivity index (χ2v) is 3.74. The first kappa shape index (κ1) is 10.6. The van der Waals surface area contributed by atoms with Crippen molar-refractivity contribution < 1.29 is 9.53 Å². The molecule has 1 aliphatic heterocycles. The molecule has 2 rings (SSSR count). The van der Waals surface area contributed by atoms with Gasteiger partial charge in [0.05, 0.1) is 19.3 Å². The van der Waals surface area contributed by atoms with Gasteiger partial charge in [-0.2, -0.15) is 5.26 Å². The topological polar surface area (TPSA) is 66.2 Å². The van der Waals surface area contributed by atoms with E-state index in [1.165, 1.54) is 4.90 Å². The van der Waals surface area contributed by atoms with Gasteiger partial charge < -0.3 is 4.74 Å². The molecule has 0 radical (unpaired) electrons. The lowest BCUT2D eigenvalue weighted by Gasteiger charge is -2.36. The summed E-state index contributed by atoms with van der Waals surface area (Å²) in [6.07, 6.45) is 1.61. The smallest absolute Gasteiger partial charge is 0.253 e. The Kier molecular flexibility index (Phi) is 2.59. The Labute approximate surface area is 93.3 Å². The monoisotopic (exact) mass is 217 g/mol. The minimum Gasteiger partial charge on any atom is -0.377 e. The van der Waals surface area contributed by atoms with Crippen LogP contribution in [-0.4, -0.2) is 31.2 Å². The number of nitrogens with zero attached hydrogens (tertiary/aromatic N) is 3. The van der Waals surface area contributed by atoms with Gasteiger partial charge in [-0.05, 0) is 12.1 Å². The predicted octanol–water partition coefficient (Wildman–Crippen LogP) is 0.585. The Hall–Kier alpha value is -1.93. The Balaban J connectivity index is 2.20. The van der Waals surface area contributed by atoms with Crippen LogP contribution in [0.1, 0.15) is 0 Å². The van der Waals surface area contributed by atoms with Crippen LogP contribution in [0.5, 0.6) is 0 Å². The van der Waals surface area contributed by atoms with E-state index in [1.54, 1.807) is 31.4 Å². The van der Waals surface area contributed by atoms with E-state index in [1.807, 2.05) is 6.07 Å². The van der Waals surface area contributed by atoms with Crippen molar-refractivity contribution in [3.8, 4) is 6.07 Å². The number of aromatic nitrogens is 1. The lowest BCUT2D eigenvalue weighted by atomic mass is 9.86. The van der Waals surface area contributed by atoms with Crippen LogP contribution in [0.15, 0.2) is 24.4 Å². The first-order valence-corrected chi connectivity index (χ1v) is 4.88. The highest BCUT2D eigenvalue weighted by atomic mass is 16.5. The maximum atomic E-state index is 12.1. The van der Waals surface area contributed by atoms with Gasteiger partial charge in [0.15, 0.2) is 5.41 Å². The largest absolute Gasteiger partial charge is 0.377 e. The Bertz CT molecular complexity index is 434. The molecule has 5 nitrogen and oxygen atoms in total. The minimum atomic E-state index is -1.02. The van der Waals surface area contributed by atoms with Crippen molar-refractivity contribution >= 4 is 11.7 Å². The number of pyridine rings is 1. The van der Waals surface area contributed by atoms with Gasteiger partial charge in [-0.25, -0.2) is 4.98 Å². The second kappa shape index (κ2) is 3.91. The highest BCUT2D eigenvalue weighted by molar-refractivity contribution is 5.99. The van der Waals surface area contributed by atoms with E-state index in [2.05, 4.69) is 4.98 Å². The Morgan fingerprint density at radius 2 is 2.38 bits per heavy atom. The third-order valence-corrected chi connectivity index (χ3v) is 2.62. The number of carbonyl (C=O) groups excluding carboxylic acids is 1. The molecule has 1 fully saturated rings. The average Bonchev–Trinajstić information content (AvgIpc) is 2.28. The number of rotatable bonds is 2. The van der Waals surface area contributed by atoms with Crippen molar-refractivity contribution in [2.75, 3.05) is 25.2 Å². The molecule has 0 unspecified atom stereocenters. The standard InChI is InChI=1S/C11H11N3O2/c1-14(9-4-2-3-5-13-9)10(15)11(6-12)7-16-8-11/h2-5H,7-8H2,1H3. The van der Waals surface area contributed by atoms with E-state index in [0.717, 1.165) is 0 Å². The van der Waals surface area contributed by atoms with Crippen LogP contribution < -0.4 is 4.90 Å². The van der Waals surface area contributed by atoms with E-state index in [9.17, 15) is 4.79 Å². The van der Waals surface area contributed by atoms with Crippen LogP contribution in [0, 0.1) is 16.7 Å². The molecule has 0 atom stereocenters. The molecule has 0 saturated carbocycles. The quantitative estimate of drug-likeness (QED) is 0.727. The van der Waals surface area contributed by atoms with Gasteiger partial charge in [-0.3, -0.25) is 9.69 Å². The van der Waals surface area contributed by atoms with Gasteiger partial charge in [0.1, 0.15) is 5.82 Å². The van der Waals surface area contributed by atoms with Gasteiger partial charge in [0.2, 0.25) is 0 Å². The number of amides is 1. The lowest BCUT2D eigenvalue weighted by Crippen LogP contribution is -2.53. The summed E-state index contributed by atoms with van der Waals surface area (Å²) >= 11 is 0. The molecule has 0 aliphatic carbocycles. The summed E-state index contributed by atoms with van der Waals surface area (Å²) in [7, 11) is 1.61. The van der Waals surface area contributed by atoms with Crippen molar-refractivity contribution in [2.24, 2.45) is 5.41 Å². The van der Waals surface area contributed by atoms with Crippen molar-refractivity contribution in [2.45, 2.75) is 0 Å². The fourth-order valence-corrected chi connectivity index (χ4v) is 1.52. The molecule has 1 aromatic heterocycles. The molecule has 1 saturated heterocycles. The first-order valence-electron chi connectivity index (χ1n) is 4.88. The number of anilines is 1. The van der Waals surface area contributed by atoms with Crippen molar-refractivity contribution in [1.82, 2.24) is 4.98 Å². The third-order valence-electron chi connectivity index (χ3n) is 2.62. The average molecular weight is 217 g/mol. The van der Waals surface area contributed by atoms with Gasteiger partial charge in [-0.1, -0.05) is 6.07 Å². The van der Waals surface area contributed by atoms with E-state index in [-0.39, 0.29) is 19.1 Å².